The van der Waals surface area contributed by atoms with E-state index in [4.69, 9.17) is 0 Å². The van der Waals surface area contributed by atoms with Crippen LogP contribution in [-0.4, -0.2) is 30.8 Å². The lowest BCUT2D eigenvalue weighted by atomic mass is 10.2. The van der Waals surface area contributed by atoms with Crippen molar-refractivity contribution in [2.24, 2.45) is 5.92 Å². The molecular formula is C21H18FN7O. The zero-order valence-corrected chi connectivity index (χ0v) is 16.1. The van der Waals surface area contributed by atoms with E-state index in [9.17, 15) is 9.18 Å². The summed E-state index contributed by atoms with van der Waals surface area (Å²) in [5, 5.41) is 6.89. The molecule has 0 spiro atoms. The fraction of sp³-hybridized carbons (Fsp3) is 0.190. The molecule has 0 atom stereocenters. The maximum atomic E-state index is 13.6. The predicted octanol–water partition coefficient (Wildman–Crippen LogP) is 3.95. The number of anilines is 3. The van der Waals surface area contributed by atoms with E-state index >= 15 is 0 Å². The lowest BCUT2D eigenvalue weighted by Gasteiger charge is -2.10. The molecule has 0 unspecified atom stereocenters. The number of carbonyl (C=O) groups is 1. The van der Waals surface area contributed by atoms with Crippen molar-refractivity contribution in [3.8, 4) is 11.5 Å². The summed E-state index contributed by atoms with van der Waals surface area (Å²) >= 11 is 0. The van der Waals surface area contributed by atoms with E-state index in [2.05, 4.69) is 35.6 Å². The van der Waals surface area contributed by atoms with Gasteiger partial charge in [0.05, 0.1) is 11.1 Å². The van der Waals surface area contributed by atoms with Crippen molar-refractivity contribution in [3.63, 3.8) is 0 Å². The van der Waals surface area contributed by atoms with Gasteiger partial charge in [-0.05, 0) is 44.0 Å². The number of nitrogens with zero attached hydrogens (tertiary/aromatic N) is 4. The first-order chi connectivity index (χ1) is 14.6. The summed E-state index contributed by atoms with van der Waals surface area (Å²) in [6, 6.07) is 8.30. The molecule has 4 heterocycles. The molecule has 0 aliphatic heterocycles. The first kappa shape index (κ1) is 18.2. The van der Waals surface area contributed by atoms with Crippen molar-refractivity contribution in [1.82, 2.24) is 24.9 Å². The number of fused-ring (bicyclic) bond motifs is 1. The number of aromatic amines is 1. The van der Waals surface area contributed by atoms with E-state index in [0.29, 0.717) is 34.5 Å². The van der Waals surface area contributed by atoms with Gasteiger partial charge in [-0.25, -0.2) is 24.3 Å². The Bertz CT molecular complexity index is 1270. The number of hydrogen-bond acceptors (Lipinski definition) is 6. The average Bonchev–Trinajstić information content (AvgIpc) is 3.48. The van der Waals surface area contributed by atoms with E-state index in [1.807, 2.05) is 6.07 Å². The van der Waals surface area contributed by atoms with Crippen LogP contribution < -0.4 is 10.6 Å². The molecule has 1 fully saturated rings. The normalized spacial score (nSPS) is 13.4. The smallest absolute Gasteiger partial charge is 0.228 e. The number of amides is 1. The Balaban J connectivity index is 1.49. The Morgan fingerprint density at radius 1 is 1.17 bits per heavy atom. The second-order valence-electron chi connectivity index (χ2n) is 7.22. The standard InChI is InChI=1S/C21H18FN7O/c1-11-15(22)4-5-16(25-11)20-28-18-14(7-9-24-18)19(29-20)26-13-6-8-23-17(10-13)27-21(30)12-2-3-12/h4-10,12H,2-3H2,1H3,(H3,23,24,26,27,28,29,30). The second-order valence-corrected chi connectivity index (χ2v) is 7.22. The fourth-order valence-electron chi connectivity index (χ4n) is 3.11. The van der Waals surface area contributed by atoms with Gasteiger partial charge in [-0.15, -0.1) is 0 Å². The Labute approximate surface area is 171 Å². The topological polar surface area (TPSA) is 108 Å². The summed E-state index contributed by atoms with van der Waals surface area (Å²) in [4.78, 5) is 32.7. The molecule has 1 aliphatic rings. The monoisotopic (exact) mass is 403 g/mol. The number of rotatable bonds is 5. The third kappa shape index (κ3) is 3.57. The van der Waals surface area contributed by atoms with Crippen molar-refractivity contribution < 1.29 is 9.18 Å². The van der Waals surface area contributed by atoms with Crippen molar-refractivity contribution in [3.05, 3.63) is 54.2 Å². The molecule has 0 radical (unpaired) electrons. The van der Waals surface area contributed by atoms with Gasteiger partial charge >= 0.3 is 0 Å². The number of halogens is 1. The summed E-state index contributed by atoms with van der Waals surface area (Å²) in [5.41, 5.74) is 2.09. The van der Waals surface area contributed by atoms with Gasteiger partial charge in [0.2, 0.25) is 5.91 Å². The summed E-state index contributed by atoms with van der Waals surface area (Å²) < 4.78 is 13.6. The number of pyridine rings is 2. The molecule has 0 bridgehead atoms. The highest BCUT2D eigenvalue weighted by Crippen LogP contribution is 2.31. The molecule has 8 nitrogen and oxygen atoms in total. The van der Waals surface area contributed by atoms with Crippen LogP contribution in [0.4, 0.5) is 21.7 Å². The largest absolute Gasteiger partial charge is 0.346 e. The maximum Gasteiger partial charge on any atom is 0.228 e. The number of aromatic nitrogens is 5. The van der Waals surface area contributed by atoms with Crippen LogP contribution in [0.3, 0.4) is 0 Å². The summed E-state index contributed by atoms with van der Waals surface area (Å²) in [6.07, 6.45) is 5.24. The van der Waals surface area contributed by atoms with Gasteiger partial charge in [-0.2, -0.15) is 0 Å². The van der Waals surface area contributed by atoms with Crippen LogP contribution >= 0.6 is 0 Å². The highest BCUT2D eigenvalue weighted by molar-refractivity contribution is 5.94. The number of nitrogens with one attached hydrogen (secondary N) is 3. The van der Waals surface area contributed by atoms with Crippen molar-refractivity contribution in [2.75, 3.05) is 10.6 Å². The molecular weight excluding hydrogens is 385 g/mol. The van der Waals surface area contributed by atoms with Gasteiger partial charge in [0.1, 0.15) is 28.8 Å². The maximum absolute atomic E-state index is 13.6. The molecule has 9 heteroatoms. The lowest BCUT2D eigenvalue weighted by molar-refractivity contribution is -0.117. The van der Waals surface area contributed by atoms with Crippen molar-refractivity contribution >= 4 is 34.3 Å². The molecule has 30 heavy (non-hydrogen) atoms. The molecule has 4 aromatic rings. The minimum atomic E-state index is -0.379. The zero-order valence-electron chi connectivity index (χ0n) is 16.1. The highest BCUT2D eigenvalue weighted by Gasteiger charge is 2.29. The van der Waals surface area contributed by atoms with Gasteiger partial charge in [-0.3, -0.25) is 4.79 Å². The van der Waals surface area contributed by atoms with Crippen LogP contribution in [-0.2, 0) is 4.79 Å². The molecule has 4 aromatic heterocycles. The van der Waals surface area contributed by atoms with Gasteiger partial charge in [0.15, 0.2) is 5.82 Å². The number of aryl methyl sites for hydroxylation is 1. The Hall–Kier alpha value is -3.88. The van der Waals surface area contributed by atoms with Crippen LogP contribution in [0, 0.1) is 18.7 Å². The fourth-order valence-corrected chi connectivity index (χ4v) is 3.11. The first-order valence-electron chi connectivity index (χ1n) is 9.59. The molecule has 1 saturated carbocycles. The van der Waals surface area contributed by atoms with E-state index in [-0.39, 0.29) is 23.3 Å². The molecule has 0 saturated heterocycles. The quantitative estimate of drug-likeness (QED) is 0.466. The third-order valence-corrected chi connectivity index (χ3v) is 4.89. The van der Waals surface area contributed by atoms with E-state index in [1.54, 1.807) is 37.5 Å². The Kier molecular flexibility index (Phi) is 4.35. The van der Waals surface area contributed by atoms with Crippen molar-refractivity contribution in [2.45, 2.75) is 19.8 Å². The minimum Gasteiger partial charge on any atom is -0.346 e. The van der Waals surface area contributed by atoms with Crippen molar-refractivity contribution in [1.29, 1.82) is 0 Å². The molecule has 150 valence electrons. The van der Waals surface area contributed by atoms with Crippen LogP contribution in [0.25, 0.3) is 22.6 Å². The van der Waals surface area contributed by atoms with Gasteiger partial charge < -0.3 is 15.6 Å². The predicted molar refractivity (Wildman–Crippen MR) is 111 cm³/mol. The Morgan fingerprint density at radius 3 is 2.83 bits per heavy atom. The minimum absolute atomic E-state index is 0.00486. The zero-order chi connectivity index (χ0) is 20.7. The number of carbonyl (C=O) groups excluding carboxylic acids is 1. The third-order valence-electron chi connectivity index (χ3n) is 4.89. The number of hydrogen-bond donors (Lipinski definition) is 3. The lowest BCUT2D eigenvalue weighted by Crippen LogP contribution is -2.14. The summed E-state index contributed by atoms with van der Waals surface area (Å²) in [6.45, 7) is 1.60. The van der Waals surface area contributed by atoms with Crippen LogP contribution in [0.5, 0.6) is 0 Å². The van der Waals surface area contributed by atoms with E-state index in [1.165, 1.54) is 6.07 Å². The van der Waals surface area contributed by atoms with Gasteiger partial charge in [0.25, 0.3) is 0 Å². The van der Waals surface area contributed by atoms with E-state index < -0.39 is 0 Å². The first-order valence-corrected chi connectivity index (χ1v) is 9.59. The molecule has 1 aliphatic carbocycles. The van der Waals surface area contributed by atoms with Crippen LogP contribution in [0.2, 0.25) is 0 Å². The van der Waals surface area contributed by atoms with Gasteiger partial charge in [0, 0.05) is 30.1 Å². The van der Waals surface area contributed by atoms with Crippen LogP contribution in [0.1, 0.15) is 18.5 Å². The van der Waals surface area contributed by atoms with E-state index in [0.717, 1.165) is 18.2 Å². The molecule has 1 amide bonds. The van der Waals surface area contributed by atoms with Gasteiger partial charge in [-0.1, -0.05) is 0 Å². The molecule has 5 rings (SSSR count). The van der Waals surface area contributed by atoms with Crippen LogP contribution in [0.15, 0.2) is 42.7 Å². The highest BCUT2D eigenvalue weighted by atomic mass is 19.1. The number of H-pyrrole nitrogens is 1. The SMILES string of the molecule is Cc1nc(-c2nc(Nc3ccnc(NC(=O)C4CC4)c3)c3cc[nH]c3n2)ccc1F. The molecule has 3 N–H and O–H groups in total. The summed E-state index contributed by atoms with van der Waals surface area (Å²) in [7, 11) is 0. The second kappa shape index (κ2) is 7.18. The average molecular weight is 403 g/mol. The molecule has 0 aromatic carbocycles. The Morgan fingerprint density at radius 2 is 2.03 bits per heavy atom. The summed E-state index contributed by atoms with van der Waals surface area (Å²) in [5.74, 6) is 1.12.